The smallest absolute Gasteiger partial charge is 0.242 e. The fourth-order valence-corrected chi connectivity index (χ4v) is 2.05. The van der Waals surface area contributed by atoms with E-state index in [1.807, 2.05) is 18.9 Å². The summed E-state index contributed by atoms with van der Waals surface area (Å²) in [5, 5.41) is 3.31. The molecule has 15 heavy (non-hydrogen) atoms. The molecule has 3 nitrogen and oxygen atoms in total. The van der Waals surface area contributed by atoms with Gasteiger partial charge >= 0.3 is 0 Å². The summed E-state index contributed by atoms with van der Waals surface area (Å²) in [6.07, 6.45) is 3.16. The van der Waals surface area contributed by atoms with Crippen LogP contribution in [0.3, 0.4) is 0 Å². The first kappa shape index (κ1) is 12.5. The Morgan fingerprint density at radius 1 is 1.53 bits per heavy atom. The Kier molecular flexibility index (Phi) is 4.14. The van der Waals surface area contributed by atoms with E-state index in [9.17, 15) is 4.79 Å². The summed E-state index contributed by atoms with van der Waals surface area (Å²) in [4.78, 5) is 14.0. The van der Waals surface area contributed by atoms with Gasteiger partial charge in [0.1, 0.15) is 0 Å². The van der Waals surface area contributed by atoms with E-state index in [2.05, 4.69) is 19.2 Å². The molecule has 0 saturated carbocycles. The van der Waals surface area contributed by atoms with E-state index in [0.29, 0.717) is 5.92 Å². The number of hydrogen-bond donors (Lipinski definition) is 1. The summed E-state index contributed by atoms with van der Waals surface area (Å²) in [5.74, 6) is 0.908. The quantitative estimate of drug-likeness (QED) is 0.768. The van der Waals surface area contributed by atoms with Crippen LogP contribution in [0.1, 0.15) is 40.0 Å². The van der Waals surface area contributed by atoms with Crippen molar-refractivity contribution < 1.29 is 4.79 Å². The van der Waals surface area contributed by atoms with E-state index in [1.165, 1.54) is 0 Å². The molecule has 1 amide bonds. The highest BCUT2D eigenvalue weighted by Crippen LogP contribution is 2.21. The van der Waals surface area contributed by atoms with Crippen LogP contribution < -0.4 is 5.32 Å². The molecule has 0 aromatic rings. The van der Waals surface area contributed by atoms with Gasteiger partial charge in [-0.25, -0.2) is 0 Å². The third-order valence-corrected chi connectivity index (χ3v) is 3.23. The van der Waals surface area contributed by atoms with Gasteiger partial charge in [0.15, 0.2) is 0 Å². The first-order valence-corrected chi connectivity index (χ1v) is 5.96. The molecule has 0 aromatic carbocycles. The lowest BCUT2D eigenvalue weighted by atomic mass is 9.98. The number of nitrogens with zero attached hydrogens (tertiary/aromatic N) is 1. The molecular weight excluding hydrogens is 188 g/mol. The number of carbonyl (C=O) groups excluding carboxylic acids is 1. The number of rotatable bonds is 4. The highest BCUT2D eigenvalue weighted by atomic mass is 16.2. The molecule has 0 aromatic heterocycles. The van der Waals surface area contributed by atoms with Crippen molar-refractivity contribution >= 4 is 5.91 Å². The molecule has 1 fully saturated rings. The van der Waals surface area contributed by atoms with Crippen LogP contribution in [0.2, 0.25) is 0 Å². The number of carbonyl (C=O) groups is 1. The van der Waals surface area contributed by atoms with Gasteiger partial charge in [0.2, 0.25) is 5.91 Å². The van der Waals surface area contributed by atoms with Gasteiger partial charge in [-0.1, -0.05) is 13.8 Å². The Balaban J connectivity index is 2.44. The average molecular weight is 212 g/mol. The van der Waals surface area contributed by atoms with E-state index < -0.39 is 0 Å². The zero-order valence-corrected chi connectivity index (χ0v) is 10.5. The maximum absolute atomic E-state index is 12.1. The molecule has 3 heteroatoms. The Morgan fingerprint density at radius 2 is 2.20 bits per heavy atom. The Hall–Kier alpha value is -0.570. The molecule has 1 heterocycles. The third-order valence-electron chi connectivity index (χ3n) is 3.23. The lowest BCUT2D eigenvalue weighted by Gasteiger charge is -2.29. The van der Waals surface area contributed by atoms with E-state index in [0.717, 1.165) is 32.4 Å². The van der Waals surface area contributed by atoms with Gasteiger partial charge < -0.3 is 10.2 Å². The van der Waals surface area contributed by atoms with Gasteiger partial charge in [-0.05, 0) is 38.6 Å². The van der Waals surface area contributed by atoms with Crippen molar-refractivity contribution in [1.82, 2.24) is 10.2 Å². The molecule has 0 spiro atoms. The lowest BCUT2D eigenvalue weighted by molar-refractivity contribution is -0.135. The molecule has 0 radical (unpaired) electrons. The molecule has 1 aliphatic rings. The van der Waals surface area contributed by atoms with Crippen molar-refractivity contribution in [2.75, 3.05) is 20.1 Å². The topological polar surface area (TPSA) is 32.3 Å². The van der Waals surface area contributed by atoms with Gasteiger partial charge in [0.05, 0.1) is 5.54 Å². The summed E-state index contributed by atoms with van der Waals surface area (Å²) in [6.45, 7) is 8.24. The van der Waals surface area contributed by atoms with Crippen LogP contribution in [-0.4, -0.2) is 36.5 Å². The summed E-state index contributed by atoms with van der Waals surface area (Å²) in [7, 11) is 1.91. The van der Waals surface area contributed by atoms with E-state index >= 15 is 0 Å². The van der Waals surface area contributed by atoms with Crippen LogP contribution in [0, 0.1) is 5.92 Å². The van der Waals surface area contributed by atoms with Gasteiger partial charge in [-0.2, -0.15) is 0 Å². The van der Waals surface area contributed by atoms with Gasteiger partial charge in [-0.15, -0.1) is 0 Å². The molecule has 0 aliphatic carbocycles. The Labute approximate surface area is 93.2 Å². The zero-order chi connectivity index (χ0) is 11.5. The molecule has 1 saturated heterocycles. The highest BCUT2D eigenvalue weighted by Gasteiger charge is 2.37. The van der Waals surface area contributed by atoms with Crippen LogP contribution >= 0.6 is 0 Å². The standard InChI is InChI=1S/C12H24N2O/c1-10(2)6-9-14(4)11(15)12(3)7-5-8-13-12/h10,13H,5-9H2,1-4H3. The minimum Gasteiger partial charge on any atom is -0.344 e. The predicted molar refractivity (Wildman–Crippen MR) is 62.7 cm³/mol. The van der Waals surface area contributed by atoms with Crippen LogP contribution in [-0.2, 0) is 4.79 Å². The summed E-state index contributed by atoms with van der Waals surface area (Å²) in [5.41, 5.74) is -0.300. The van der Waals surface area contributed by atoms with Crippen LogP contribution in [0.25, 0.3) is 0 Å². The van der Waals surface area contributed by atoms with Crippen molar-refractivity contribution in [3.05, 3.63) is 0 Å². The summed E-state index contributed by atoms with van der Waals surface area (Å²) < 4.78 is 0. The fraction of sp³-hybridized carbons (Fsp3) is 0.917. The molecule has 1 atom stereocenters. The normalized spacial score (nSPS) is 25.9. The molecule has 1 N–H and O–H groups in total. The largest absolute Gasteiger partial charge is 0.344 e. The molecule has 1 unspecified atom stereocenters. The fourth-order valence-electron chi connectivity index (χ4n) is 2.05. The van der Waals surface area contributed by atoms with E-state index in [4.69, 9.17) is 0 Å². The predicted octanol–water partition coefficient (Wildman–Crippen LogP) is 1.63. The third kappa shape index (κ3) is 3.20. The second kappa shape index (κ2) is 4.97. The first-order valence-electron chi connectivity index (χ1n) is 5.96. The van der Waals surface area contributed by atoms with Gasteiger partial charge in [0.25, 0.3) is 0 Å². The van der Waals surface area contributed by atoms with Crippen LogP contribution in [0.5, 0.6) is 0 Å². The van der Waals surface area contributed by atoms with Crippen LogP contribution in [0.15, 0.2) is 0 Å². The monoisotopic (exact) mass is 212 g/mol. The number of nitrogens with one attached hydrogen (secondary N) is 1. The Bertz CT molecular complexity index is 220. The second-order valence-corrected chi connectivity index (χ2v) is 5.27. The summed E-state index contributed by atoms with van der Waals surface area (Å²) >= 11 is 0. The van der Waals surface area contributed by atoms with Crippen molar-refractivity contribution in [3.63, 3.8) is 0 Å². The molecule has 0 bridgehead atoms. The zero-order valence-electron chi connectivity index (χ0n) is 10.5. The van der Waals surface area contributed by atoms with Crippen LogP contribution in [0.4, 0.5) is 0 Å². The first-order chi connectivity index (χ1) is 6.96. The minimum absolute atomic E-state index is 0.251. The van der Waals surface area contributed by atoms with E-state index in [-0.39, 0.29) is 11.4 Å². The highest BCUT2D eigenvalue weighted by molar-refractivity contribution is 5.86. The molecule has 88 valence electrons. The minimum atomic E-state index is -0.300. The lowest BCUT2D eigenvalue weighted by Crippen LogP contribution is -2.51. The van der Waals surface area contributed by atoms with Crippen molar-refractivity contribution in [2.24, 2.45) is 5.92 Å². The van der Waals surface area contributed by atoms with Gasteiger partial charge in [0, 0.05) is 13.6 Å². The molecule has 1 aliphatic heterocycles. The second-order valence-electron chi connectivity index (χ2n) is 5.27. The van der Waals surface area contributed by atoms with Gasteiger partial charge in [-0.3, -0.25) is 4.79 Å². The average Bonchev–Trinajstić information content (AvgIpc) is 2.61. The molecular formula is C12H24N2O. The van der Waals surface area contributed by atoms with Crippen molar-refractivity contribution in [1.29, 1.82) is 0 Å². The van der Waals surface area contributed by atoms with E-state index in [1.54, 1.807) is 0 Å². The molecule has 1 rings (SSSR count). The number of hydrogen-bond acceptors (Lipinski definition) is 2. The maximum Gasteiger partial charge on any atom is 0.242 e. The maximum atomic E-state index is 12.1. The SMILES string of the molecule is CC(C)CCN(C)C(=O)C1(C)CCCN1. The summed E-state index contributed by atoms with van der Waals surface area (Å²) in [6, 6.07) is 0. The number of amides is 1. The van der Waals surface area contributed by atoms with Crippen molar-refractivity contribution in [3.8, 4) is 0 Å². The van der Waals surface area contributed by atoms with Crippen molar-refractivity contribution in [2.45, 2.75) is 45.6 Å². The Morgan fingerprint density at radius 3 is 2.67 bits per heavy atom. The number of likely N-dealkylation sites (N-methyl/N-ethyl adjacent to an activating group) is 1.